The normalized spacial score (nSPS) is 50.8. The van der Waals surface area contributed by atoms with Gasteiger partial charge >= 0.3 is 0 Å². The van der Waals surface area contributed by atoms with Gasteiger partial charge in [0.25, 0.3) is 0 Å². The van der Waals surface area contributed by atoms with Crippen LogP contribution in [0.15, 0.2) is 0 Å². The zero-order valence-electron chi connectivity index (χ0n) is 10.9. The van der Waals surface area contributed by atoms with E-state index >= 15 is 0 Å². The molecule has 0 amide bonds. The number of hydrogen-bond acceptors (Lipinski definition) is 3. The van der Waals surface area contributed by atoms with Crippen LogP contribution in [-0.4, -0.2) is 27.0 Å². The molecule has 0 aromatic heterocycles. The molecule has 4 aliphatic carbocycles. The highest BCUT2D eigenvalue weighted by Crippen LogP contribution is 2.69. The Morgan fingerprint density at radius 2 is 1.76 bits per heavy atom. The first kappa shape index (κ1) is 12.7. The molecule has 0 saturated heterocycles. The Bertz CT molecular complexity index is 312. The average Bonchev–Trinajstić information content (AvgIpc) is 2.22. The topological polar surface area (TPSA) is 20.2 Å². The third-order valence-corrected chi connectivity index (χ3v) is 8.26. The summed E-state index contributed by atoms with van der Waals surface area (Å²) in [5, 5.41) is 11.1. The monoisotopic (exact) mass is 272 g/mol. The van der Waals surface area contributed by atoms with Crippen LogP contribution in [-0.2, 0) is 0 Å². The molecular formula is C14H24OS2. The third kappa shape index (κ3) is 1.58. The summed E-state index contributed by atoms with van der Waals surface area (Å²) in [6, 6.07) is 0. The quantitative estimate of drug-likeness (QED) is 0.768. The van der Waals surface area contributed by atoms with Crippen LogP contribution in [0.2, 0.25) is 0 Å². The maximum atomic E-state index is 11.1. The molecule has 3 heteroatoms. The maximum absolute atomic E-state index is 11.1. The lowest BCUT2D eigenvalue weighted by molar-refractivity contribution is -0.200. The van der Waals surface area contributed by atoms with Crippen LogP contribution >= 0.6 is 24.4 Å². The highest BCUT2D eigenvalue weighted by atomic mass is 32.2. The molecule has 0 radical (unpaired) electrons. The lowest BCUT2D eigenvalue weighted by Gasteiger charge is -2.69. The van der Waals surface area contributed by atoms with Crippen molar-refractivity contribution < 1.29 is 5.11 Å². The second-order valence-electron chi connectivity index (χ2n) is 7.01. The minimum atomic E-state index is -0.388. The largest absolute Gasteiger partial charge is 0.389 e. The fraction of sp³-hybridized carbons (Fsp3) is 1.00. The summed E-state index contributed by atoms with van der Waals surface area (Å²) in [4.78, 5) is 0. The van der Waals surface area contributed by atoms with E-state index in [1.807, 2.05) is 0 Å². The molecule has 0 aromatic carbocycles. The summed E-state index contributed by atoms with van der Waals surface area (Å²) >= 11 is 6.47. The van der Waals surface area contributed by atoms with Crippen molar-refractivity contribution in [3.05, 3.63) is 0 Å². The predicted molar refractivity (Wildman–Crippen MR) is 77.8 cm³/mol. The first-order chi connectivity index (χ1) is 7.92. The SMILES string of the molecule is CC1(C)C2(O)CC3CC(C2)CC1(SCCS)C3. The van der Waals surface area contributed by atoms with Crippen LogP contribution in [0.3, 0.4) is 0 Å². The number of thiol groups is 1. The van der Waals surface area contributed by atoms with Gasteiger partial charge in [0.2, 0.25) is 0 Å². The molecule has 4 rings (SSSR count). The maximum Gasteiger partial charge on any atom is 0.0717 e. The van der Waals surface area contributed by atoms with Crippen molar-refractivity contribution >= 4 is 24.4 Å². The fourth-order valence-electron chi connectivity index (χ4n) is 4.99. The van der Waals surface area contributed by atoms with Gasteiger partial charge in [-0.05, 0) is 49.7 Å². The third-order valence-electron chi connectivity index (χ3n) is 5.93. The van der Waals surface area contributed by atoms with Gasteiger partial charge in [0.1, 0.15) is 0 Å². The van der Waals surface area contributed by atoms with E-state index in [0.29, 0.717) is 4.75 Å². The molecule has 4 bridgehead atoms. The first-order valence-corrected chi connectivity index (χ1v) is 8.51. The minimum Gasteiger partial charge on any atom is -0.389 e. The summed E-state index contributed by atoms with van der Waals surface area (Å²) in [6.45, 7) is 4.63. The Hall–Kier alpha value is 0.660. The van der Waals surface area contributed by atoms with Crippen molar-refractivity contribution in [2.45, 2.75) is 56.3 Å². The average molecular weight is 272 g/mol. The minimum absolute atomic E-state index is 0.0705. The summed E-state index contributed by atoms with van der Waals surface area (Å²) < 4.78 is 0.328. The highest BCUT2D eigenvalue weighted by molar-refractivity contribution is 8.01. The van der Waals surface area contributed by atoms with Gasteiger partial charge in [0.05, 0.1) is 5.60 Å². The molecule has 17 heavy (non-hydrogen) atoms. The summed E-state index contributed by atoms with van der Waals surface area (Å²) in [7, 11) is 0. The fourth-order valence-corrected chi connectivity index (χ4v) is 7.00. The zero-order chi connectivity index (χ0) is 12.3. The number of hydrogen-bond donors (Lipinski definition) is 2. The van der Waals surface area contributed by atoms with E-state index in [0.717, 1.165) is 36.2 Å². The van der Waals surface area contributed by atoms with Gasteiger partial charge in [-0.1, -0.05) is 13.8 Å². The van der Waals surface area contributed by atoms with Crippen LogP contribution in [0.25, 0.3) is 0 Å². The highest BCUT2D eigenvalue weighted by Gasteiger charge is 2.67. The van der Waals surface area contributed by atoms with E-state index in [1.54, 1.807) is 0 Å². The van der Waals surface area contributed by atoms with Crippen molar-refractivity contribution in [2.24, 2.45) is 17.3 Å². The molecular weight excluding hydrogens is 248 g/mol. The molecule has 0 aromatic rings. The van der Waals surface area contributed by atoms with E-state index in [9.17, 15) is 5.11 Å². The van der Waals surface area contributed by atoms with Crippen LogP contribution in [0.5, 0.6) is 0 Å². The number of thioether (sulfide) groups is 1. The van der Waals surface area contributed by atoms with Gasteiger partial charge in [-0.3, -0.25) is 0 Å². The lowest BCUT2D eigenvalue weighted by atomic mass is 9.44. The molecule has 1 nitrogen and oxygen atoms in total. The number of aliphatic hydroxyl groups is 1. The lowest BCUT2D eigenvalue weighted by Crippen LogP contribution is -2.69. The molecule has 4 fully saturated rings. The van der Waals surface area contributed by atoms with Gasteiger partial charge < -0.3 is 5.11 Å². The van der Waals surface area contributed by atoms with Gasteiger partial charge in [-0.2, -0.15) is 24.4 Å². The summed E-state index contributed by atoms with van der Waals surface area (Å²) in [5.74, 6) is 3.65. The van der Waals surface area contributed by atoms with Crippen molar-refractivity contribution in [3.63, 3.8) is 0 Å². The van der Waals surface area contributed by atoms with Crippen LogP contribution in [0.4, 0.5) is 0 Å². The van der Waals surface area contributed by atoms with Crippen molar-refractivity contribution in [1.82, 2.24) is 0 Å². The molecule has 0 heterocycles. The smallest absolute Gasteiger partial charge is 0.0717 e. The van der Waals surface area contributed by atoms with Crippen LogP contribution in [0.1, 0.15) is 46.0 Å². The predicted octanol–water partition coefficient (Wildman–Crippen LogP) is 3.37. The Morgan fingerprint density at radius 3 is 2.29 bits per heavy atom. The van der Waals surface area contributed by atoms with Crippen LogP contribution in [0, 0.1) is 17.3 Å². The molecule has 4 aliphatic rings. The van der Waals surface area contributed by atoms with Gasteiger partial charge in [-0.15, -0.1) is 0 Å². The molecule has 2 unspecified atom stereocenters. The number of rotatable bonds is 3. The van der Waals surface area contributed by atoms with E-state index in [-0.39, 0.29) is 11.0 Å². The Morgan fingerprint density at radius 1 is 1.18 bits per heavy atom. The van der Waals surface area contributed by atoms with Gasteiger partial charge in [0.15, 0.2) is 0 Å². The summed E-state index contributed by atoms with van der Waals surface area (Å²) in [5.41, 5.74) is -0.318. The van der Waals surface area contributed by atoms with Gasteiger partial charge in [-0.25, -0.2) is 0 Å². The van der Waals surface area contributed by atoms with E-state index in [1.165, 1.54) is 19.3 Å². The Balaban J connectivity index is 1.96. The van der Waals surface area contributed by atoms with Crippen molar-refractivity contribution in [3.8, 4) is 0 Å². The van der Waals surface area contributed by atoms with Crippen LogP contribution < -0.4 is 0 Å². The molecule has 2 atom stereocenters. The van der Waals surface area contributed by atoms with Crippen molar-refractivity contribution in [2.75, 3.05) is 11.5 Å². The summed E-state index contributed by atoms with van der Waals surface area (Å²) in [6.07, 6.45) is 6.15. The van der Waals surface area contributed by atoms with E-state index in [4.69, 9.17) is 0 Å². The molecule has 98 valence electrons. The Labute approximate surface area is 115 Å². The van der Waals surface area contributed by atoms with E-state index < -0.39 is 0 Å². The molecule has 4 saturated carbocycles. The Kier molecular flexibility index (Phi) is 2.86. The molecule has 0 aliphatic heterocycles. The zero-order valence-corrected chi connectivity index (χ0v) is 12.6. The van der Waals surface area contributed by atoms with E-state index in [2.05, 4.69) is 38.2 Å². The second kappa shape index (κ2) is 3.83. The molecule has 0 spiro atoms. The van der Waals surface area contributed by atoms with Gasteiger partial charge in [0, 0.05) is 15.9 Å². The molecule has 1 N–H and O–H groups in total. The first-order valence-electron chi connectivity index (χ1n) is 6.90. The second-order valence-corrected chi connectivity index (χ2v) is 8.93. The van der Waals surface area contributed by atoms with Crippen molar-refractivity contribution in [1.29, 1.82) is 0 Å². The standard InChI is InChI=1S/C14H24OS2/c1-12(2)13(15)6-10-5-11(7-13)9-14(12,8-10)17-4-3-16/h10-11,15-16H,3-9H2,1-2H3.